The van der Waals surface area contributed by atoms with Crippen molar-refractivity contribution >= 4 is 0 Å². The summed E-state index contributed by atoms with van der Waals surface area (Å²) in [6, 6.07) is 5.78. The van der Waals surface area contributed by atoms with Gasteiger partial charge < -0.3 is 9.84 Å². The molecular weight excluding hydrogens is 228 g/mol. The zero-order chi connectivity index (χ0) is 12.8. The molecule has 4 heteroatoms. The SMILES string of the molecule is N#Cc1ncccc1COC1CCC(CO)CC1. The quantitative estimate of drug-likeness (QED) is 0.882. The summed E-state index contributed by atoms with van der Waals surface area (Å²) in [5.41, 5.74) is 1.30. The molecule has 0 radical (unpaired) electrons. The van der Waals surface area contributed by atoms with E-state index in [0.717, 1.165) is 31.2 Å². The Hall–Kier alpha value is -1.44. The Morgan fingerprint density at radius 1 is 1.39 bits per heavy atom. The predicted octanol–water partition coefficient (Wildman–Crippen LogP) is 2.02. The van der Waals surface area contributed by atoms with Gasteiger partial charge in [0.1, 0.15) is 11.8 Å². The first-order chi connectivity index (χ1) is 8.83. The Labute approximate surface area is 107 Å². The van der Waals surface area contributed by atoms with Crippen LogP contribution in [0.3, 0.4) is 0 Å². The highest BCUT2D eigenvalue weighted by Crippen LogP contribution is 2.26. The summed E-state index contributed by atoms with van der Waals surface area (Å²) in [4.78, 5) is 4.01. The molecule has 0 amide bonds. The Morgan fingerprint density at radius 2 is 2.17 bits per heavy atom. The fourth-order valence-electron chi connectivity index (χ4n) is 2.34. The second-order valence-electron chi connectivity index (χ2n) is 4.76. The first-order valence-corrected chi connectivity index (χ1v) is 6.40. The molecule has 1 aliphatic carbocycles. The Kier molecular flexibility index (Phi) is 4.68. The Morgan fingerprint density at radius 3 is 2.83 bits per heavy atom. The van der Waals surface area contributed by atoms with Gasteiger partial charge in [0.25, 0.3) is 0 Å². The third-order valence-electron chi connectivity index (χ3n) is 3.52. The monoisotopic (exact) mass is 246 g/mol. The van der Waals surface area contributed by atoms with Crippen LogP contribution in [0.4, 0.5) is 0 Å². The normalized spacial score (nSPS) is 23.6. The van der Waals surface area contributed by atoms with Crippen LogP contribution in [0.2, 0.25) is 0 Å². The molecule has 1 saturated carbocycles. The number of rotatable bonds is 4. The molecule has 1 heterocycles. The van der Waals surface area contributed by atoms with E-state index in [1.54, 1.807) is 6.20 Å². The number of ether oxygens (including phenoxy) is 1. The highest BCUT2D eigenvalue weighted by atomic mass is 16.5. The average Bonchev–Trinajstić information content (AvgIpc) is 2.46. The maximum atomic E-state index is 9.07. The van der Waals surface area contributed by atoms with Crippen LogP contribution in [0.15, 0.2) is 18.3 Å². The molecular formula is C14H18N2O2. The van der Waals surface area contributed by atoms with Crippen molar-refractivity contribution in [3.8, 4) is 6.07 Å². The van der Waals surface area contributed by atoms with Crippen molar-refractivity contribution in [2.75, 3.05) is 6.61 Å². The summed E-state index contributed by atoms with van der Waals surface area (Å²) >= 11 is 0. The van der Waals surface area contributed by atoms with Gasteiger partial charge in [-0.15, -0.1) is 0 Å². The van der Waals surface area contributed by atoms with Gasteiger partial charge in [-0.25, -0.2) is 4.98 Å². The summed E-state index contributed by atoms with van der Waals surface area (Å²) in [6.45, 7) is 0.735. The molecule has 2 rings (SSSR count). The highest BCUT2D eigenvalue weighted by molar-refractivity contribution is 5.29. The second kappa shape index (κ2) is 6.48. The van der Waals surface area contributed by atoms with Gasteiger partial charge in [0.05, 0.1) is 12.7 Å². The predicted molar refractivity (Wildman–Crippen MR) is 66.6 cm³/mol. The lowest BCUT2D eigenvalue weighted by molar-refractivity contribution is 0.00102. The molecule has 96 valence electrons. The van der Waals surface area contributed by atoms with Crippen molar-refractivity contribution in [2.24, 2.45) is 5.92 Å². The molecule has 1 aromatic heterocycles. The summed E-state index contributed by atoms with van der Waals surface area (Å²) < 4.78 is 5.83. The summed E-state index contributed by atoms with van der Waals surface area (Å²) in [5.74, 6) is 0.443. The van der Waals surface area contributed by atoms with Gasteiger partial charge in [0.15, 0.2) is 0 Å². The van der Waals surface area contributed by atoms with Crippen molar-refractivity contribution in [3.05, 3.63) is 29.6 Å². The van der Waals surface area contributed by atoms with E-state index in [1.807, 2.05) is 12.1 Å². The first kappa shape index (κ1) is 13.0. The topological polar surface area (TPSA) is 66.1 Å². The molecule has 0 aliphatic heterocycles. The van der Waals surface area contributed by atoms with E-state index in [-0.39, 0.29) is 12.7 Å². The van der Waals surface area contributed by atoms with Crippen molar-refractivity contribution in [1.29, 1.82) is 5.26 Å². The Bertz CT molecular complexity index is 420. The molecule has 0 spiro atoms. The van der Waals surface area contributed by atoms with E-state index in [2.05, 4.69) is 11.1 Å². The minimum atomic E-state index is 0.250. The third-order valence-corrected chi connectivity index (χ3v) is 3.52. The highest BCUT2D eigenvalue weighted by Gasteiger charge is 2.21. The molecule has 0 aromatic carbocycles. The van der Waals surface area contributed by atoms with E-state index in [1.165, 1.54) is 0 Å². The lowest BCUT2D eigenvalue weighted by atomic mass is 9.88. The Balaban J connectivity index is 1.84. The fourth-order valence-corrected chi connectivity index (χ4v) is 2.34. The molecule has 1 fully saturated rings. The van der Waals surface area contributed by atoms with Gasteiger partial charge in [0.2, 0.25) is 0 Å². The van der Waals surface area contributed by atoms with Crippen LogP contribution >= 0.6 is 0 Å². The zero-order valence-electron chi connectivity index (χ0n) is 10.4. The fraction of sp³-hybridized carbons (Fsp3) is 0.571. The number of nitriles is 1. The van der Waals surface area contributed by atoms with E-state index < -0.39 is 0 Å². The summed E-state index contributed by atoms with van der Waals surface area (Å²) in [5, 5.41) is 18.0. The minimum Gasteiger partial charge on any atom is -0.396 e. The van der Waals surface area contributed by atoms with Crippen LogP contribution < -0.4 is 0 Å². The standard InChI is InChI=1S/C14H18N2O2/c15-8-14-12(2-1-7-16-14)10-18-13-5-3-11(9-17)4-6-13/h1-2,7,11,13,17H,3-6,9-10H2. The van der Waals surface area contributed by atoms with Crippen LogP contribution in [-0.4, -0.2) is 22.8 Å². The van der Waals surface area contributed by atoms with Crippen molar-refractivity contribution < 1.29 is 9.84 Å². The first-order valence-electron chi connectivity index (χ1n) is 6.40. The number of hydrogen-bond donors (Lipinski definition) is 1. The van der Waals surface area contributed by atoms with E-state index in [0.29, 0.717) is 18.2 Å². The van der Waals surface area contributed by atoms with Crippen molar-refractivity contribution in [3.63, 3.8) is 0 Å². The van der Waals surface area contributed by atoms with Crippen LogP contribution in [0, 0.1) is 17.2 Å². The molecule has 0 bridgehead atoms. The van der Waals surface area contributed by atoms with Gasteiger partial charge in [0, 0.05) is 18.4 Å². The molecule has 0 saturated heterocycles. The van der Waals surface area contributed by atoms with E-state index >= 15 is 0 Å². The number of aliphatic hydroxyl groups excluding tert-OH is 1. The van der Waals surface area contributed by atoms with Gasteiger partial charge in [-0.3, -0.25) is 0 Å². The largest absolute Gasteiger partial charge is 0.396 e. The molecule has 1 N–H and O–H groups in total. The molecule has 0 atom stereocenters. The molecule has 0 unspecified atom stereocenters. The maximum Gasteiger partial charge on any atom is 0.145 e. The lowest BCUT2D eigenvalue weighted by Crippen LogP contribution is -2.23. The minimum absolute atomic E-state index is 0.250. The van der Waals surface area contributed by atoms with E-state index in [9.17, 15) is 0 Å². The molecule has 1 aliphatic rings. The number of pyridine rings is 1. The second-order valence-corrected chi connectivity index (χ2v) is 4.76. The van der Waals surface area contributed by atoms with Crippen molar-refractivity contribution in [1.82, 2.24) is 4.98 Å². The third kappa shape index (κ3) is 3.28. The average molecular weight is 246 g/mol. The number of nitrogens with zero attached hydrogens (tertiary/aromatic N) is 2. The van der Waals surface area contributed by atoms with Gasteiger partial charge in [-0.2, -0.15) is 5.26 Å². The molecule has 1 aromatic rings. The lowest BCUT2D eigenvalue weighted by Gasteiger charge is -2.27. The number of aliphatic hydroxyl groups is 1. The van der Waals surface area contributed by atoms with Crippen molar-refractivity contribution in [2.45, 2.75) is 38.4 Å². The van der Waals surface area contributed by atoms with Crippen LogP contribution in [0.25, 0.3) is 0 Å². The van der Waals surface area contributed by atoms with Crippen LogP contribution in [-0.2, 0) is 11.3 Å². The smallest absolute Gasteiger partial charge is 0.145 e. The molecule has 4 nitrogen and oxygen atoms in total. The maximum absolute atomic E-state index is 9.07. The van der Waals surface area contributed by atoms with Crippen LogP contribution in [0.1, 0.15) is 36.9 Å². The number of hydrogen-bond acceptors (Lipinski definition) is 4. The number of aromatic nitrogens is 1. The van der Waals surface area contributed by atoms with Gasteiger partial charge in [-0.05, 0) is 37.7 Å². The summed E-state index contributed by atoms with van der Waals surface area (Å²) in [7, 11) is 0. The zero-order valence-corrected chi connectivity index (χ0v) is 10.4. The summed E-state index contributed by atoms with van der Waals surface area (Å²) in [6.07, 6.45) is 5.91. The van der Waals surface area contributed by atoms with E-state index in [4.69, 9.17) is 15.1 Å². The van der Waals surface area contributed by atoms with Crippen LogP contribution in [0.5, 0.6) is 0 Å². The van der Waals surface area contributed by atoms with Gasteiger partial charge >= 0.3 is 0 Å². The molecule has 18 heavy (non-hydrogen) atoms. The van der Waals surface area contributed by atoms with Gasteiger partial charge in [-0.1, -0.05) is 6.07 Å².